The van der Waals surface area contributed by atoms with Crippen molar-refractivity contribution in [3.8, 4) is 5.75 Å². The van der Waals surface area contributed by atoms with Gasteiger partial charge in [-0.1, -0.05) is 11.8 Å². The number of ether oxygens (including phenoxy) is 2. The summed E-state index contributed by atoms with van der Waals surface area (Å²) >= 11 is 2.84. The minimum Gasteiger partial charge on any atom is -0.494 e. The highest BCUT2D eigenvalue weighted by molar-refractivity contribution is 8.00. The summed E-state index contributed by atoms with van der Waals surface area (Å²) in [6, 6.07) is 5.68. The number of nitrogens with zero attached hydrogens (tertiary/aromatic N) is 1. The number of imidazole rings is 1. The van der Waals surface area contributed by atoms with Gasteiger partial charge in [0, 0.05) is 10.9 Å². The van der Waals surface area contributed by atoms with Crippen molar-refractivity contribution in [3.05, 3.63) is 34.2 Å². The first-order chi connectivity index (χ1) is 15.5. The molecule has 1 unspecified atom stereocenters. The van der Waals surface area contributed by atoms with Crippen molar-refractivity contribution in [3.63, 3.8) is 0 Å². The molecule has 2 heterocycles. The largest absolute Gasteiger partial charge is 0.494 e. The number of carbonyl (C=O) groups is 2. The van der Waals surface area contributed by atoms with Crippen LogP contribution in [0.4, 0.5) is 5.00 Å². The number of aromatic nitrogens is 2. The van der Waals surface area contributed by atoms with Gasteiger partial charge >= 0.3 is 5.97 Å². The maximum Gasteiger partial charge on any atom is 0.341 e. The van der Waals surface area contributed by atoms with Gasteiger partial charge in [0.15, 0.2) is 5.16 Å². The first-order valence-corrected chi connectivity index (χ1v) is 12.6. The van der Waals surface area contributed by atoms with Crippen LogP contribution in [0.25, 0.3) is 11.0 Å². The fraction of sp³-hybridized carbons (Fsp3) is 0.435. The Morgan fingerprint density at radius 2 is 2.06 bits per heavy atom. The predicted molar refractivity (Wildman–Crippen MR) is 128 cm³/mol. The lowest BCUT2D eigenvalue weighted by Gasteiger charge is -2.13. The van der Waals surface area contributed by atoms with E-state index in [0.29, 0.717) is 28.9 Å². The van der Waals surface area contributed by atoms with Gasteiger partial charge < -0.3 is 19.8 Å². The molecule has 3 aromatic rings. The van der Waals surface area contributed by atoms with Crippen molar-refractivity contribution in [2.45, 2.75) is 56.9 Å². The van der Waals surface area contributed by atoms with E-state index in [4.69, 9.17) is 9.47 Å². The van der Waals surface area contributed by atoms with Gasteiger partial charge in [-0.05, 0) is 64.2 Å². The monoisotopic (exact) mass is 473 g/mol. The SMILES string of the molecule is CCOC(=O)c1c(NC(=O)C(C)Sc2nc3ccc(OCC)cc3[nH]2)sc2c1CCCC2. The molecule has 1 aliphatic rings. The second-order valence-electron chi connectivity index (χ2n) is 7.54. The fourth-order valence-electron chi connectivity index (χ4n) is 3.79. The summed E-state index contributed by atoms with van der Waals surface area (Å²) in [6.07, 6.45) is 3.94. The standard InChI is InChI=1S/C23H27N3O4S2/c1-4-29-14-10-11-16-17(12-14)25-23(24-16)31-13(3)20(27)26-21-19(22(28)30-5-2)15-8-6-7-9-18(15)32-21/h10-13H,4-9H2,1-3H3,(H,24,25)(H,26,27). The maximum absolute atomic E-state index is 13.0. The molecule has 0 fully saturated rings. The summed E-state index contributed by atoms with van der Waals surface area (Å²) in [6.45, 7) is 6.46. The molecule has 2 aromatic heterocycles. The summed E-state index contributed by atoms with van der Waals surface area (Å²) in [4.78, 5) is 34.6. The highest BCUT2D eigenvalue weighted by atomic mass is 32.2. The number of aromatic amines is 1. The number of amides is 1. The van der Waals surface area contributed by atoms with Gasteiger partial charge in [-0.25, -0.2) is 9.78 Å². The third-order valence-electron chi connectivity index (χ3n) is 5.29. The molecule has 32 heavy (non-hydrogen) atoms. The van der Waals surface area contributed by atoms with Gasteiger partial charge in [-0.15, -0.1) is 11.3 Å². The maximum atomic E-state index is 13.0. The first kappa shape index (κ1) is 22.7. The number of aryl methyl sites for hydroxylation is 1. The van der Waals surface area contributed by atoms with Gasteiger partial charge in [0.1, 0.15) is 10.8 Å². The lowest BCUT2D eigenvalue weighted by molar-refractivity contribution is -0.115. The topological polar surface area (TPSA) is 93.3 Å². The summed E-state index contributed by atoms with van der Waals surface area (Å²) in [7, 11) is 0. The van der Waals surface area contributed by atoms with Gasteiger partial charge in [-0.3, -0.25) is 4.79 Å². The lowest BCUT2D eigenvalue weighted by atomic mass is 9.95. The number of benzene rings is 1. The number of thioether (sulfide) groups is 1. The van der Waals surface area contributed by atoms with Gasteiger partial charge in [-0.2, -0.15) is 0 Å². The van der Waals surface area contributed by atoms with Crippen LogP contribution >= 0.6 is 23.1 Å². The van der Waals surface area contributed by atoms with Crippen molar-refractivity contribution in [1.29, 1.82) is 0 Å². The van der Waals surface area contributed by atoms with Crippen molar-refractivity contribution < 1.29 is 19.1 Å². The smallest absolute Gasteiger partial charge is 0.341 e. The minimum absolute atomic E-state index is 0.172. The number of hydrogen-bond donors (Lipinski definition) is 2. The van der Waals surface area contributed by atoms with E-state index < -0.39 is 5.25 Å². The van der Waals surface area contributed by atoms with Gasteiger partial charge in [0.2, 0.25) is 5.91 Å². The van der Waals surface area contributed by atoms with Crippen molar-refractivity contribution >= 4 is 51.0 Å². The molecule has 4 rings (SSSR count). The van der Waals surface area contributed by atoms with Crippen molar-refractivity contribution in [2.24, 2.45) is 0 Å². The molecule has 170 valence electrons. The number of fused-ring (bicyclic) bond motifs is 2. The molecule has 0 radical (unpaired) electrons. The van der Waals surface area contributed by atoms with Crippen LogP contribution in [-0.4, -0.2) is 40.3 Å². The number of H-pyrrole nitrogens is 1. The quantitative estimate of drug-likeness (QED) is 0.345. The average molecular weight is 474 g/mol. The third kappa shape index (κ3) is 4.78. The Morgan fingerprint density at radius 1 is 1.25 bits per heavy atom. The molecule has 1 aromatic carbocycles. The summed E-state index contributed by atoms with van der Waals surface area (Å²) in [5.41, 5.74) is 3.25. The van der Waals surface area contributed by atoms with E-state index in [0.717, 1.165) is 48.0 Å². The predicted octanol–water partition coefficient (Wildman–Crippen LogP) is 5.20. The Balaban J connectivity index is 1.50. The summed E-state index contributed by atoms with van der Waals surface area (Å²) in [5.74, 6) is 0.249. The summed E-state index contributed by atoms with van der Waals surface area (Å²) < 4.78 is 10.8. The molecule has 1 atom stereocenters. The number of hydrogen-bond acceptors (Lipinski definition) is 7. The zero-order valence-electron chi connectivity index (χ0n) is 18.4. The van der Waals surface area contributed by atoms with Crippen LogP contribution in [0, 0.1) is 0 Å². The van der Waals surface area contributed by atoms with E-state index in [1.165, 1.54) is 28.0 Å². The normalized spacial score (nSPS) is 14.1. The Labute approximate surface area is 195 Å². The number of thiophene rings is 1. The Bertz CT molecular complexity index is 1140. The van der Waals surface area contributed by atoms with Crippen LogP contribution < -0.4 is 10.1 Å². The van der Waals surface area contributed by atoms with E-state index in [1.54, 1.807) is 6.92 Å². The molecule has 9 heteroatoms. The zero-order valence-corrected chi connectivity index (χ0v) is 20.1. The molecule has 0 spiro atoms. The highest BCUT2D eigenvalue weighted by Crippen LogP contribution is 2.39. The Hall–Kier alpha value is -2.52. The van der Waals surface area contributed by atoms with Crippen LogP contribution in [0.15, 0.2) is 23.4 Å². The molecular formula is C23H27N3O4S2. The first-order valence-electron chi connectivity index (χ1n) is 10.9. The number of anilines is 1. The van der Waals surface area contributed by atoms with Crippen LogP contribution in [0.5, 0.6) is 5.75 Å². The van der Waals surface area contributed by atoms with Crippen molar-refractivity contribution in [2.75, 3.05) is 18.5 Å². The second-order valence-corrected chi connectivity index (χ2v) is 9.97. The van der Waals surface area contributed by atoms with E-state index >= 15 is 0 Å². The molecule has 0 aliphatic heterocycles. The van der Waals surface area contributed by atoms with Gasteiger partial charge in [0.05, 0.1) is 35.1 Å². The van der Waals surface area contributed by atoms with Gasteiger partial charge in [0.25, 0.3) is 0 Å². The second kappa shape index (κ2) is 9.95. The fourth-order valence-corrected chi connectivity index (χ4v) is 5.89. The number of nitrogens with one attached hydrogen (secondary N) is 2. The molecule has 1 amide bonds. The van der Waals surface area contributed by atoms with E-state index in [9.17, 15) is 9.59 Å². The number of esters is 1. The zero-order chi connectivity index (χ0) is 22.7. The molecule has 2 N–H and O–H groups in total. The molecule has 0 saturated carbocycles. The summed E-state index contributed by atoms with van der Waals surface area (Å²) in [5, 5.41) is 3.83. The van der Waals surface area contributed by atoms with Crippen LogP contribution in [0.1, 0.15) is 54.4 Å². The van der Waals surface area contributed by atoms with E-state index in [1.807, 2.05) is 32.0 Å². The van der Waals surface area contributed by atoms with Crippen LogP contribution in [0.3, 0.4) is 0 Å². The van der Waals surface area contributed by atoms with Crippen LogP contribution in [-0.2, 0) is 22.4 Å². The number of carbonyl (C=O) groups excluding carboxylic acids is 2. The third-order valence-corrected chi connectivity index (χ3v) is 7.48. The molecule has 1 aliphatic carbocycles. The Kier molecular flexibility index (Phi) is 7.05. The average Bonchev–Trinajstić information content (AvgIpc) is 3.33. The van der Waals surface area contributed by atoms with Crippen molar-refractivity contribution in [1.82, 2.24) is 9.97 Å². The molecule has 0 bridgehead atoms. The number of rotatable bonds is 8. The molecular weight excluding hydrogens is 446 g/mol. The minimum atomic E-state index is -0.406. The van der Waals surface area contributed by atoms with E-state index in [-0.39, 0.29) is 11.9 Å². The Morgan fingerprint density at radius 3 is 2.84 bits per heavy atom. The lowest BCUT2D eigenvalue weighted by Crippen LogP contribution is -2.23. The van der Waals surface area contributed by atoms with Crippen LogP contribution in [0.2, 0.25) is 0 Å². The molecule has 0 saturated heterocycles. The highest BCUT2D eigenvalue weighted by Gasteiger charge is 2.28. The van der Waals surface area contributed by atoms with E-state index in [2.05, 4.69) is 15.3 Å². The molecule has 7 nitrogen and oxygen atoms in total.